The van der Waals surface area contributed by atoms with E-state index >= 15 is 0 Å². The summed E-state index contributed by atoms with van der Waals surface area (Å²) in [4.78, 5) is 25.9. The van der Waals surface area contributed by atoms with E-state index in [1.54, 1.807) is 0 Å². The van der Waals surface area contributed by atoms with Crippen LogP contribution in [0.3, 0.4) is 0 Å². The van der Waals surface area contributed by atoms with Crippen LogP contribution in [0, 0.1) is 13.8 Å². The summed E-state index contributed by atoms with van der Waals surface area (Å²) in [6.45, 7) is 8.04. The van der Waals surface area contributed by atoms with Crippen LogP contribution in [0.1, 0.15) is 18.1 Å². The summed E-state index contributed by atoms with van der Waals surface area (Å²) in [5, 5.41) is 5.09. The van der Waals surface area contributed by atoms with Crippen LogP contribution >= 0.6 is 0 Å². The Morgan fingerprint density at radius 3 is 2.86 bits per heavy atom. The van der Waals surface area contributed by atoms with Gasteiger partial charge in [-0.1, -0.05) is 12.1 Å². The van der Waals surface area contributed by atoms with E-state index in [1.807, 2.05) is 43.9 Å². The van der Waals surface area contributed by atoms with Gasteiger partial charge in [-0.15, -0.1) is 0 Å². The van der Waals surface area contributed by atoms with E-state index in [2.05, 4.69) is 10.6 Å². The molecule has 1 aliphatic heterocycles. The molecule has 3 amide bonds. The molecule has 120 valence electrons. The molecule has 6 nitrogen and oxygen atoms in total. The maximum atomic E-state index is 12.0. The van der Waals surface area contributed by atoms with Gasteiger partial charge in [0.1, 0.15) is 0 Å². The maximum Gasteiger partial charge on any atom is 0.325 e. The fraction of sp³-hybridized carbons (Fsp3) is 0.500. The molecule has 0 radical (unpaired) electrons. The topological polar surface area (TPSA) is 70.7 Å². The lowest BCUT2D eigenvalue weighted by molar-refractivity contribution is -0.123. The van der Waals surface area contributed by atoms with Crippen LogP contribution in [-0.4, -0.2) is 49.2 Å². The molecule has 1 aliphatic rings. The largest absolute Gasteiger partial charge is 0.379 e. The number of ether oxygens (including phenoxy) is 1. The molecule has 0 saturated carbocycles. The second kappa shape index (κ2) is 7.38. The van der Waals surface area contributed by atoms with Gasteiger partial charge in [-0.25, -0.2) is 4.79 Å². The van der Waals surface area contributed by atoms with E-state index in [4.69, 9.17) is 4.74 Å². The number of carbonyl (C=O) groups excluding carboxylic acids is 2. The predicted octanol–water partition coefficient (Wildman–Crippen LogP) is 1.67. The molecule has 1 saturated heterocycles. The molecule has 0 aliphatic carbocycles. The Kier molecular flexibility index (Phi) is 5.51. The Bertz CT molecular complexity index is 560. The lowest BCUT2D eigenvalue weighted by Gasteiger charge is -2.32. The average Bonchev–Trinajstić information content (AvgIpc) is 2.46. The van der Waals surface area contributed by atoms with Crippen molar-refractivity contribution in [2.75, 3.05) is 31.6 Å². The van der Waals surface area contributed by atoms with Gasteiger partial charge in [0.2, 0.25) is 5.91 Å². The zero-order valence-corrected chi connectivity index (χ0v) is 13.3. The SMILES string of the molecule is Cc1cccc(NC(=O)NC(=O)CN2CCOC[C@H]2C)c1C. The molecule has 22 heavy (non-hydrogen) atoms. The van der Waals surface area contributed by atoms with Gasteiger partial charge < -0.3 is 10.1 Å². The van der Waals surface area contributed by atoms with Crippen molar-refractivity contribution in [1.29, 1.82) is 0 Å². The molecule has 1 fully saturated rings. The molecule has 0 unspecified atom stereocenters. The van der Waals surface area contributed by atoms with Crippen LogP contribution in [0.4, 0.5) is 10.5 Å². The van der Waals surface area contributed by atoms with Crippen molar-refractivity contribution in [1.82, 2.24) is 10.2 Å². The number of hydrogen-bond acceptors (Lipinski definition) is 4. The molecule has 1 aromatic carbocycles. The number of urea groups is 1. The van der Waals surface area contributed by atoms with Crippen molar-refractivity contribution in [2.45, 2.75) is 26.8 Å². The van der Waals surface area contributed by atoms with Gasteiger partial charge >= 0.3 is 6.03 Å². The first-order valence-corrected chi connectivity index (χ1v) is 7.46. The molecular weight excluding hydrogens is 282 g/mol. The van der Waals surface area contributed by atoms with E-state index in [0.717, 1.165) is 11.1 Å². The quantitative estimate of drug-likeness (QED) is 0.891. The van der Waals surface area contributed by atoms with Gasteiger partial charge in [0, 0.05) is 18.3 Å². The number of aryl methyl sites for hydroxylation is 1. The van der Waals surface area contributed by atoms with E-state index in [1.165, 1.54) is 0 Å². The number of anilines is 1. The highest BCUT2D eigenvalue weighted by Crippen LogP contribution is 2.17. The summed E-state index contributed by atoms with van der Waals surface area (Å²) >= 11 is 0. The number of benzene rings is 1. The third-order valence-electron chi connectivity index (χ3n) is 3.96. The maximum absolute atomic E-state index is 12.0. The zero-order valence-electron chi connectivity index (χ0n) is 13.3. The third-order valence-corrected chi connectivity index (χ3v) is 3.96. The number of rotatable bonds is 3. The summed E-state index contributed by atoms with van der Waals surface area (Å²) in [5.74, 6) is -0.309. The van der Waals surface area contributed by atoms with Crippen molar-refractivity contribution in [2.24, 2.45) is 0 Å². The molecular formula is C16H23N3O3. The van der Waals surface area contributed by atoms with Gasteiger partial charge in [-0.05, 0) is 38.0 Å². The van der Waals surface area contributed by atoms with Gasteiger partial charge in [-0.2, -0.15) is 0 Å². The van der Waals surface area contributed by atoms with Crippen LogP contribution in [0.2, 0.25) is 0 Å². The van der Waals surface area contributed by atoms with Crippen molar-refractivity contribution in [3.63, 3.8) is 0 Å². The Labute approximate surface area is 130 Å². The molecule has 0 bridgehead atoms. The summed E-state index contributed by atoms with van der Waals surface area (Å²) in [5.41, 5.74) is 2.79. The fourth-order valence-electron chi connectivity index (χ4n) is 2.39. The molecule has 1 heterocycles. The van der Waals surface area contributed by atoms with Gasteiger partial charge in [0.05, 0.1) is 19.8 Å². The van der Waals surface area contributed by atoms with Gasteiger partial charge in [0.25, 0.3) is 0 Å². The van der Waals surface area contributed by atoms with E-state index in [9.17, 15) is 9.59 Å². The zero-order chi connectivity index (χ0) is 16.1. The number of morpholine rings is 1. The molecule has 1 aromatic rings. The first-order valence-electron chi connectivity index (χ1n) is 7.46. The van der Waals surface area contributed by atoms with E-state index < -0.39 is 6.03 Å². The molecule has 6 heteroatoms. The first-order chi connectivity index (χ1) is 10.5. The minimum atomic E-state index is -0.500. The van der Waals surface area contributed by atoms with Crippen LogP contribution in [0.5, 0.6) is 0 Å². The third kappa shape index (κ3) is 4.29. The number of carbonyl (C=O) groups is 2. The number of amides is 3. The Balaban J connectivity index is 1.86. The van der Waals surface area contributed by atoms with Gasteiger partial charge in [-0.3, -0.25) is 15.0 Å². The van der Waals surface area contributed by atoms with Crippen LogP contribution in [0.15, 0.2) is 18.2 Å². The molecule has 0 aromatic heterocycles. The number of nitrogens with one attached hydrogen (secondary N) is 2. The monoisotopic (exact) mass is 305 g/mol. The van der Waals surface area contributed by atoms with E-state index in [0.29, 0.717) is 25.4 Å². The smallest absolute Gasteiger partial charge is 0.325 e. The van der Waals surface area contributed by atoms with Crippen LogP contribution in [0.25, 0.3) is 0 Å². The van der Waals surface area contributed by atoms with Gasteiger partial charge in [0.15, 0.2) is 0 Å². The highest BCUT2D eigenvalue weighted by Gasteiger charge is 2.21. The second-order valence-corrected chi connectivity index (χ2v) is 5.64. The van der Waals surface area contributed by atoms with E-state index in [-0.39, 0.29) is 18.5 Å². The Hall–Kier alpha value is -1.92. The lowest BCUT2D eigenvalue weighted by atomic mass is 10.1. The fourth-order valence-corrected chi connectivity index (χ4v) is 2.39. The average molecular weight is 305 g/mol. The Morgan fingerprint density at radius 1 is 1.36 bits per heavy atom. The minimum absolute atomic E-state index is 0.182. The highest BCUT2D eigenvalue weighted by molar-refractivity contribution is 6.02. The number of nitrogens with zero attached hydrogens (tertiary/aromatic N) is 1. The van der Waals surface area contributed by atoms with Crippen LogP contribution < -0.4 is 10.6 Å². The number of hydrogen-bond donors (Lipinski definition) is 2. The van der Waals surface area contributed by atoms with Crippen molar-refractivity contribution >= 4 is 17.6 Å². The standard InChI is InChI=1S/C16H23N3O3/c1-11-5-4-6-14(13(11)3)17-16(21)18-15(20)9-19-7-8-22-10-12(19)2/h4-6,12H,7-10H2,1-3H3,(H2,17,18,20,21)/t12-/m1/s1. The number of imide groups is 1. The van der Waals surface area contributed by atoms with Crippen LogP contribution in [-0.2, 0) is 9.53 Å². The van der Waals surface area contributed by atoms with Crippen molar-refractivity contribution < 1.29 is 14.3 Å². The Morgan fingerprint density at radius 2 is 2.14 bits per heavy atom. The van der Waals surface area contributed by atoms with Crippen molar-refractivity contribution in [3.8, 4) is 0 Å². The first kappa shape index (κ1) is 16.5. The summed E-state index contributed by atoms with van der Waals surface area (Å²) in [7, 11) is 0. The minimum Gasteiger partial charge on any atom is -0.379 e. The molecule has 0 spiro atoms. The molecule has 2 N–H and O–H groups in total. The highest BCUT2D eigenvalue weighted by atomic mass is 16.5. The summed E-state index contributed by atoms with van der Waals surface area (Å²) in [6, 6.07) is 5.34. The predicted molar refractivity (Wildman–Crippen MR) is 84.9 cm³/mol. The van der Waals surface area contributed by atoms with Crippen molar-refractivity contribution in [3.05, 3.63) is 29.3 Å². The second-order valence-electron chi connectivity index (χ2n) is 5.64. The lowest BCUT2D eigenvalue weighted by Crippen LogP contribution is -2.49. The molecule has 2 rings (SSSR count). The normalized spacial score (nSPS) is 18.8. The summed E-state index contributed by atoms with van der Waals surface area (Å²) in [6.07, 6.45) is 0. The summed E-state index contributed by atoms with van der Waals surface area (Å²) < 4.78 is 5.33. The molecule has 1 atom stereocenters.